The molecule has 0 saturated carbocycles. The van der Waals surface area contributed by atoms with Crippen molar-refractivity contribution in [3.63, 3.8) is 0 Å². The van der Waals surface area contributed by atoms with Gasteiger partial charge in [0.1, 0.15) is 35.5 Å². The molecule has 0 spiro atoms. The highest BCUT2D eigenvalue weighted by Gasteiger charge is 2.40. The lowest BCUT2D eigenvalue weighted by Gasteiger charge is -2.37. The van der Waals surface area contributed by atoms with E-state index in [1.54, 1.807) is 12.1 Å². The quantitative estimate of drug-likeness (QED) is 0.0232. The maximum Gasteiger partial charge on any atom is 0.339 e. The molecule has 0 aromatic heterocycles. The largest absolute Gasteiger partial charge is 0.543 e. The Morgan fingerprint density at radius 2 is 1.37 bits per heavy atom. The number of hydrogen-bond acceptors (Lipinski definition) is 12. The predicted octanol–water partition coefficient (Wildman–Crippen LogP) is 9.68. The number of ketones is 1. The van der Waals surface area contributed by atoms with Crippen molar-refractivity contribution in [2.75, 3.05) is 33.1 Å². The van der Waals surface area contributed by atoms with Gasteiger partial charge in [-0.3, -0.25) is 25.0 Å². The topological polar surface area (TPSA) is 153 Å². The van der Waals surface area contributed by atoms with Crippen molar-refractivity contribution >= 4 is 43.5 Å². The molecular formula is C49H56N2O10SSi. The van der Waals surface area contributed by atoms with E-state index in [1.165, 1.54) is 50.2 Å². The predicted molar refractivity (Wildman–Crippen MR) is 248 cm³/mol. The fourth-order valence-electron chi connectivity index (χ4n) is 6.57. The van der Waals surface area contributed by atoms with Crippen molar-refractivity contribution in [1.82, 2.24) is 5.32 Å². The molecule has 0 aliphatic carbocycles. The van der Waals surface area contributed by atoms with Gasteiger partial charge in [-0.15, -0.1) is 0 Å². The van der Waals surface area contributed by atoms with Crippen LogP contribution in [0.15, 0.2) is 127 Å². The summed E-state index contributed by atoms with van der Waals surface area (Å²) in [5.74, 6) is -0.0651. The molecule has 5 rings (SSSR count). The number of hydrogen-bond donors (Lipinski definition) is 1. The van der Waals surface area contributed by atoms with E-state index >= 15 is 0 Å². The van der Waals surface area contributed by atoms with Gasteiger partial charge in [0.2, 0.25) is 8.32 Å². The molecule has 0 heterocycles. The van der Waals surface area contributed by atoms with Crippen LogP contribution >= 0.6 is 11.8 Å². The molecule has 0 aliphatic rings. The third-order valence-electron chi connectivity index (χ3n) is 11.1. The maximum absolute atomic E-state index is 13.8. The Hall–Kier alpha value is -5.80. The fraction of sp³-hybridized carbons (Fsp3) is 0.327. The standard InChI is InChI=1S/C49H56N2O10SSi/c1-48(2,3)63(6,7)61-45-30-41(57-4)29-42(46(53)59-32-35-23-25-39(26-24-35)51(55)56)43(45)33-62-34-44(47(54)58-5)50-31-40(52)27-28-60-49(36-17-11-8-12-18-36,37-19-13-9-14-20-37)38-21-15-10-16-22-38/h8-26,29-30,44,50H,27-28,31-34H2,1-7H3/t44-/m0/s1. The van der Waals surface area contributed by atoms with Gasteiger partial charge in [0, 0.05) is 41.7 Å². The summed E-state index contributed by atoms with van der Waals surface area (Å²) in [6.07, 6.45) is 0.0770. The van der Waals surface area contributed by atoms with E-state index in [4.69, 9.17) is 23.4 Å². The first-order valence-electron chi connectivity index (χ1n) is 20.6. The summed E-state index contributed by atoms with van der Waals surface area (Å²) >= 11 is 1.36. The van der Waals surface area contributed by atoms with Crippen LogP contribution in [-0.2, 0) is 41.8 Å². The Labute approximate surface area is 374 Å². The number of Topliss-reactive ketones (excluding diaryl/α,β-unsaturated/α-hetero) is 1. The number of nitro groups is 1. The molecule has 0 bridgehead atoms. The van der Waals surface area contributed by atoms with Crippen LogP contribution in [-0.4, -0.2) is 70.1 Å². The van der Waals surface area contributed by atoms with Crippen LogP contribution in [0, 0.1) is 10.1 Å². The number of rotatable bonds is 22. The van der Waals surface area contributed by atoms with E-state index in [2.05, 4.69) is 39.2 Å². The lowest BCUT2D eigenvalue weighted by atomic mass is 9.80. The van der Waals surface area contributed by atoms with Crippen LogP contribution in [0.5, 0.6) is 11.5 Å². The second-order valence-electron chi connectivity index (χ2n) is 16.4. The Bertz CT molecular complexity index is 2210. The average Bonchev–Trinajstić information content (AvgIpc) is 3.28. The minimum absolute atomic E-state index is 0.0738. The van der Waals surface area contributed by atoms with Gasteiger partial charge in [0.05, 0.1) is 37.9 Å². The first kappa shape index (κ1) is 48.2. The van der Waals surface area contributed by atoms with E-state index in [9.17, 15) is 24.5 Å². The van der Waals surface area contributed by atoms with E-state index in [1.807, 2.05) is 91.0 Å². The molecule has 5 aromatic rings. The first-order valence-corrected chi connectivity index (χ1v) is 24.7. The summed E-state index contributed by atoms with van der Waals surface area (Å²) in [5.41, 5.74) is 3.05. The van der Waals surface area contributed by atoms with Gasteiger partial charge < -0.3 is 23.4 Å². The van der Waals surface area contributed by atoms with Gasteiger partial charge in [0.25, 0.3) is 5.69 Å². The number of thioether (sulfide) groups is 1. The number of esters is 2. The van der Waals surface area contributed by atoms with Gasteiger partial charge in [-0.1, -0.05) is 112 Å². The minimum atomic E-state index is -2.45. The Morgan fingerprint density at radius 1 is 0.810 bits per heavy atom. The van der Waals surface area contributed by atoms with Gasteiger partial charge in [-0.05, 0) is 58.6 Å². The Kier molecular flexibility index (Phi) is 16.9. The van der Waals surface area contributed by atoms with Crippen LogP contribution < -0.4 is 14.5 Å². The molecule has 1 N–H and O–H groups in total. The van der Waals surface area contributed by atoms with E-state index in [0.29, 0.717) is 22.6 Å². The molecule has 0 amide bonds. The number of nitro benzene ring substituents is 1. The van der Waals surface area contributed by atoms with Crippen molar-refractivity contribution < 1.29 is 42.7 Å². The summed E-state index contributed by atoms with van der Waals surface area (Å²) < 4.78 is 30.1. The SMILES string of the molecule is COC(=O)[C@H](CSCc1c(O[Si](C)(C)C(C)(C)C)cc(OC)cc1C(=O)OCc1ccc([N+](=O)[O-])cc1)NCC(=O)CCOC(c1ccccc1)(c1ccccc1)c1ccccc1. The van der Waals surface area contributed by atoms with Crippen molar-refractivity contribution in [2.45, 2.75) is 69.3 Å². The molecule has 0 aliphatic heterocycles. The third kappa shape index (κ3) is 12.4. The molecule has 332 valence electrons. The molecular weight excluding hydrogens is 837 g/mol. The van der Waals surface area contributed by atoms with Crippen LogP contribution in [0.2, 0.25) is 18.1 Å². The molecule has 0 saturated heterocycles. The van der Waals surface area contributed by atoms with Crippen LogP contribution in [0.4, 0.5) is 5.69 Å². The minimum Gasteiger partial charge on any atom is -0.543 e. The second kappa shape index (κ2) is 22.0. The molecule has 0 fully saturated rings. The number of nitrogens with zero attached hydrogens (tertiary/aromatic N) is 1. The average molecular weight is 893 g/mol. The van der Waals surface area contributed by atoms with Crippen molar-refractivity contribution in [3.8, 4) is 11.5 Å². The van der Waals surface area contributed by atoms with Gasteiger partial charge in [-0.25, -0.2) is 4.79 Å². The van der Waals surface area contributed by atoms with Gasteiger partial charge in [0.15, 0.2) is 0 Å². The van der Waals surface area contributed by atoms with Crippen LogP contribution in [0.25, 0.3) is 0 Å². The molecule has 5 aromatic carbocycles. The number of methoxy groups -OCH3 is 2. The lowest BCUT2D eigenvalue weighted by molar-refractivity contribution is -0.384. The maximum atomic E-state index is 13.8. The lowest BCUT2D eigenvalue weighted by Crippen LogP contribution is -2.44. The Balaban J connectivity index is 1.31. The third-order valence-corrected chi connectivity index (χ3v) is 16.5. The summed E-state index contributed by atoms with van der Waals surface area (Å²) in [6, 6.07) is 38.0. The van der Waals surface area contributed by atoms with Crippen LogP contribution in [0.3, 0.4) is 0 Å². The molecule has 0 radical (unpaired) electrons. The van der Waals surface area contributed by atoms with E-state index in [0.717, 1.165) is 16.7 Å². The number of ether oxygens (including phenoxy) is 4. The monoisotopic (exact) mass is 892 g/mol. The zero-order valence-electron chi connectivity index (χ0n) is 36.9. The zero-order chi connectivity index (χ0) is 45.6. The summed E-state index contributed by atoms with van der Waals surface area (Å²) in [4.78, 5) is 51.1. The summed E-state index contributed by atoms with van der Waals surface area (Å²) in [6.45, 7) is 10.4. The Morgan fingerprint density at radius 3 is 1.86 bits per heavy atom. The normalized spacial score (nSPS) is 12.2. The van der Waals surface area contributed by atoms with Crippen molar-refractivity contribution in [3.05, 3.63) is 171 Å². The molecule has 1 atom stereocenters. The first-order chi connectivity index (χ1) is 30.1. The van der Waals surface area contributed by atoms with Crippen LogP contribution in [0.1, 0.15) is 65.4 Å². The molecule has 63 heavy (non-hydrogen) atoms. The summed E-state index contributed by atoms with van der Waals surface area (Å²) in [7, 11) is 0.337. The van der Waals surface area contributed by atoms with E-state index in [-0.39, 0.29) is 59.8 Å². The number of benzene rings is 5. The summed E-state index contributed by atoms with van der Waals surface area (Å²) in [5, 5.41) is 14.1. The fourth-order valence-corrected chi connectivity index (χ4v) is 8.72. The van der Waals surface area contributed by atoms with Gasteiger partial charge >= 0.3 is 11.9 Å². The number of non-ortho nitro benzene ring substituents is 1. The number of carbonyl (C=O) groups excluding carboxylic acids is 3. The van der Waals surface area contributed by atoms with E-state index < -0.39 is 36.8 Å². The van der Waals surface area contributed by atoms with Gasteiger partial charge in [-0.2, -0.15) is 11.8 Å². The highest BCUT2D eigenvalue weighted by molar-refractivity contribution is 7.98. The smallest absolute Gasteiger partial charge is 0.339 e. The van der Waals surface area contributed by atoms with Crippen molar-refractivity contribution in [1.29, 1.82) is 0 Å². The number of nitrogens with one attached hydrogen (secondary N) is 1. The number of carbonyl (C=O) groups is 3. The highest BCUT2D eigenvalue weighted by atomic mass is 32.2. The van der Waals surface area contributed by atoms with Crippen molar-refractivity contribution in [2.24, 2.45) is 0 Å². The second-order valence-corrected chi connectivity index (χ2v) is 22.2. The zero-order valence-corrected chi connectivity index (χ0v) is 38.7. The highest BCUT2D eigenvalue weighted by Crippen LogP contribution is 2.42. The molecule has 0 unspecified atom stereocenters. The molecule has 12 nitrogen and oxygen atoms in total. The molecule has 14 heteroatoms.